The van der Waals surface area contributed by atoms with Crippen molar-refractivity contribution >= 4 is 0 Å². The highest BCUT2D eigenvalue weighted by molar-refractivity contribution is 5.67. The fourth-order valence-corrected chi connectivity index (χ4v) is 1.83. The predicted molar refractivity (Wildman–Crippen MR) is 72.3 cm³/mol. The summed E-state index contributed by atoms with van der Waals surface area (Å²) in [5.41, 5.74) is 1.65. The van der Waals surface area contributed by atoms with Crippen molar-refractivity contribution in [2.24, 2.45) is 0 Å². The minimum atomic E-state index is -0.289. The highest BCUT2D eigenvalue weighted by Crippen LogP contribution is 2.29. The van der Waals surface area contributed by atoms with Crippen molar-refractivity contribution in [1.29, 1.82) is 5.26 Å². The molecule has 0 atom stereocenters. The maximum Gasteiger partial charge on any atom is 0.138 e. The van der Waals surface area contributed by atoms with Crippen LogP contribution in [-0.4, -0.2) is 6.10 Å². The number of halogens is 1. The topological polar surface area (TPSA) is 33.0 Å². The zero-order valence-corrected chi connectivity index (χ0v) is 10.9. The van der Waals surface area contributed by atoms with E-state index in [4.69, 9.17) is 10.00 Å². The second kappa shape index (κ2) is 5.53. The number of benzene rings is 2. The number of nitrogens with zero attached hydrogens (tertiary/aromatic N) is 1. The summed E-state index contributed by atoms with van der Waals surface area (Å²) in [4.78, 5) is 0. The Kier molecular flexibility index (Phi) is 3.82. The van der Waals surface area contributed by atoms with Gasteiger partial charge in [0, 0.05) is 5.56 Å². The maximum atomic E-state index is 13.7. The SMILES string of the molecule is CC(C)Oc1cc(-c2ccccc2F)ccc1C#N. The Morgan fingerprint density at radius 1 is 1.16 bits per heavy atom. The Bertz CT molecular complexity index is 629. The predicted octanol–water partition coefficient (Wildman–Crippen LogP) is 4.15. The Morgan fingerprint density at radius 3 is 2.53 bits per heavy atom. The van der Waals surface area contributed by atoms with Crippen LogP contribution >= 0.6 is 0 Å². The van der Waals surface area contributed by atoms with Crippen molar-refractivity contribution in [2.75, 3.05) is 0 Å². The molecule has 0 aliphatic carbocycles. The Hall–Kier alpha value is -2.34. The summed E-state index contributed by atoms with van der Waals surface area (Å²) in [6.07, 6.45) is -0.0389. The molecule has 0 aliphatic rings. The maximum absolute atomic E-state index is 13.7. The van der Waals surface area contributed by atoms with Crippen molar-refractivity contribution in [3.8, 4) is 22.9 Å². The second-order valence-corrected chi connectivity index (χ2v) is 4.47. The van der Waals surface area contributed by atoms with E-state index in [1.807, 2.05) is 13.8 Å². The van der Waals surface area contributed by atoms with Gasteiger partial charge in [-0.2, -0.15) is 5.26 Å². The Balaban J connectivity index is 2.50. The van der Waals surface area contributed by atoms with Crippen LogP contribution in [0.15, 0.2) is 42.5 Å². The molecular formula is C16H14FNO. The summed E-state index contributed by atoms with van der Waals surface area (Å²) in [6, 6.07) is 13.7. The summed E-state index contributed by atoms with van der Waals surface area (Å²) < 4.78 is 19.3. The third-order valence-electron chi connectivity index (χ3n) is 2.65. The van der Waals surface area contributed by atoms with E-state index in [1.165, 1.54) is 6.07 Å². The third-order valence-corrected chi connectivity index (χ3v) is 2.65. The molecule has 0 unspecified atom stereocenters. The minimum absolute atomic E-state index is 0.0389. The molecule has 0 spiro atoms. The van der Waals surface area contributed by atoms with Crippen LogP contribution in [0.5, 0.6) is 5.75 Å². The average Bonchev–Trinajstić information content (AvgIpc) is 2.38. The lowest BCUT2D eigenvalue weighted by atomic mass is 10.0. The zero-order chi connectivity index (χ0) is 13.8. The molecule has 19 heavy (non-hydrogen) atoms. The average molecular weight is 255 g/mol. The number of ether oxygens (including phenoxy) is 1. The van der Waals surface area contributed by atoms with Gasteiger partial charge in [0.25, 0.3) is 0 Å². The van der Waals surface area contributed by atoms with Crippen molar-refractivity contribution in [2.45, 2.75) is 20.0 Å². The van der Waals surface area contributed by atoms with E-state index in [1.54, 1.807) is 36.4 Å². The van der Waals surface area contributed by atoms with Gasteiger partial charge in [-0.1, -0.05) is 24.3 Å². The van der Waals surface area contributed by atoms with Gasteiger partial charge in [0.15, 0.2) is 0 Å². The number of nitriles is 1. The summed E-state index contributed by atoms with van der Waals surface area (Å²) in [6.45, 7) is 3.77. The highest BCUT2D eigenvalue weighted by atomic mass is 19.1. The lowest BCUT2D eigenvalue weighted by molar-refractivity contribution is 0.242. The lowest BCUT2D eigenvalue weighted by Crippen LogP contribution is -2.06. The van der Waals surface area contributed by atoms with Crippen molar-refractivity contribution in [3.05, 3.63) is 53.8 Å². The summed E-state index contributed by atoms with van der Waals surface area (Å²) in [5, 5.41) is 9.04. The van der Waals surface area contributed by atoms with Crippen LogP contribution in [0.1, 0.15) is 19.4 Å². The van der Waals surface area contributed by atoms with Gasteiger partial charge in [-0.15, -0.1) is 0 Å². The third kappa shape index (κ3) is 2.92. The molecule has 0 amide bonds. The monoisotopic (exact) mass is 255 g/mol. The first-order valence-electron chi connectivity index (χ1n) is 6.07. The second-order valence-electron chi connectivity index (χ2n) is 4.47. The molecule has 2 aromatic rings. The van der Waals surface area contributed by atoms with Crippen molar-refractivity contribution in [3.63, 3.8) is 0 Å². The number of rotatable bonds is 3. The van der Waals surface area contributed by atoms with Crippen LogP contribution in [0, 0.1) is 17.1 Å². The van der Waals surface area contributed by atoms with Gasteiger partial charge in [0.1, 0.15) is 17.6 Å². The molecule has 0 saturated carbocycles. The largest absolute Gasteiger partial charge is 0.490 e. The van der Waals surface area contributed by atoms with Gasteiger partial charge in [-0.05, 0) is 37.6 Å². The van der Waals surface area contributed by atoms with Crippen LogP contribution in [0.25, 0.3) is 11.1 Å². The van der Waals surface area contributed by atoms with E-state index in [-0.39, 0.29) is 11.9 Å². The van der Waals surface area contributed by atoms with E-state index < -0.39 is 0 Å². The fourth-order valence-electron chi connectivity index (χ4n) is 1.83. The van der Waals surface area contributed by atoms with Gasteiger partial charge in [0.05, 0.1) is 11.7 Å². The number of hydrogen-bond acceptors (Lipinski definition) is 2. The first-order valence-corrected chi connectivity index (χ1v) is 6.07. The first kappa shape index (κ1) is 13.1. The molecule has 0 aliphatic heterocycles. The van der Waals surface area contributed by atoms with Crippen LogP contribution in [0.4, 0.5) is 4.39 Å². The summed E-state index contributed by atoms with van der Waals surface area (Å²) >= 11 is 0. The normalized spacial score (nSPS) is 10.3. The van der Waals surface area contributed by atoms with Gasteiger partial charge < -0.3 is 4.74 Å². The van der Waals surface area contributed by atoms with E-state index in [0.717, 1.165) is 0 Å². The highest BCUT2D eigenvalue weighted by Gasteiger charge is 2.10. The lowest BCUT2D eigenvalue weighted by Gasteiger charge is -2.13. The molecule has 3 heteroatoms. The molecule has 2 rings (SSSR count). The molecule has 2 nitrogen and oxygen atoms in total. The van der Waals surface area contributed by atoms with E-state index in [0.29, 0.717) is 22.4 Å². The summed E-state index contributed by atoms with van der Waals surface area (Å²) in [7, 11) is 0. The molecule has 0 fully saturated rings. The van der Waals surface area contributed by atoms with Crippen LogP contribution in [0.2, 0.25) is 0 Å². The molecule has 0 heterocycles. The molecule has 0 saturated heterocycles. The minimum Gasteiger partial charge on any atom is -0.490 e. The van der Waals surface area contributed by atoms with Crippen molar-refractivity contribution in [1.82, 2.24) is 0 Å². The van der Waals surface area contributed by atoms with E-state index >= 15 is 0 Å². The first-order chi connectivity index (χ1) is 9.11. The fraction of sp³-hybridized carbons (Fsp3) is 0.188. The quantitative estimate of drug-likeness (QED) is 0.825. The number of hydrogen-bond donors (Lipinski definition) is 0. The Morgan fingerprint density at radius 2 is 1.89 bits per heavy atom. The zero-order valence-electron chi connectivity index (χ0n) is 10.9. The van der Waals surface area contributed by atoms with Crippen LogP contribution < -0.4 is 4.74 Å². The molecule has 0 radical (unpaired) electrons. The standard InChI is InChI=1S/C16H14FNO/c1-11(2)19-16-9-12(7-8-13(16)10-18)14-5-3-4-6-15(14)17/h3-9,11H,1-2H3. The van der Waals surface area contributed by atoms with E-state index in [2.05, 4.69) is 6.07 Å². The Labute approximate surface area is 112 Å². The van der Waals surface area contributed by atoms with Crippen molar-refractivity contribution < 1.29 is 9.13 Å². The molecular weight excluding hydrogens is 241 g/mol. The smallest absolute Gasteiger partial charge is 0.138 e. The van der Waals surface area contributed by atoms with Gasteiger partial charge in [-0.25, -0.2) is 4.39 Å². The van der Waals surface area contributed by atoms with Gasteiger partial charge in [0.2, 0.25) is 0 Å². The van der Waals surface area contributed by atoms with Crippen LogP contribution in [0.3, 0.4) is 0 Å². The molecule has 0 aromatic heterocycles. The van der Waals surface area contributed by atoms with Gasteiger partial charge in [-0.3, -0.25) is 0 Å². The van der Waals surface area contributed by atoms with Crippen LogP contribution in [-0.2, 0) is 0 Å². The summed E-state index contributed by atoms with van der Waals surface area (Å²) in [5.74, 6) is 0.195. The molecule has 2 aromatic carbocycles. The molecule has 0 bridgehead atoms. The molecule has 96 valence electrons. The van der Waals surface area contributed by atoms with Gasteiger partial charge >= 0.3 is 0 Å². The molecule has 0 N–H and O–H groups in total. The van der Waals surface area contributed by atoms with E-state index in [9.17, 15) is 4.39 Å².